The number of nitrogens with one attached hydrogen (secondary N) is 2. The highest BCUT2D eigenvalue weighted by atomic mass is 16.4. The SMILES string of the molecule is CC(CC1CCC(NC(=O)c2ccc(C3CCNCC3)cc2)CC1)C(=O)O. The number of carbonyl (C=O) groups excluding carboxylic acids is 1. The van der Waals surface area contributed by atoms with Gasteiger partial charge >= 0.3 is 5.97 Å². The van der Waals surface area contributed by atoms with E-state index < -0.39 is 5.97 Å². The Morgan fingerprint density at radius 2 is 1.70 bits per heavy atom. The molecule has 0 spiro atoms. The van der Waals surface area contributed by atoms with Gasteiger partial charge in [0, 0.05) is 11.6 Å². The normalized spacial score (nSPS) is 24.9. The minimum absolute atomic E-state index is 0.00853. The standard InChI is InChI=1S/C22H32N2O3/c1-15(22(26)27)14-16-2-8-20(9-3-16)24-21(25)19-6-4-17(5-7-19)18-10-12-23-13-11-18/h4-7,15-16,18,20,23H,2-3,8-14H2,1H3,(H,24,25)(H,26,27). The van der Waals surface area contributed by atoms with Crippen molar-refractivity contribution in [3.63, 3.8) is 0 Å². The van der Waals surface area contributed by atoms with E-state index in [0.717, 1.165) is 63.6 Å². The van der Waals surface area contributed by atoms with E-state index in [1.807, 2.05) is 12.1 Å². The van der Waals surface area contributed by atoms with Crippen molar-refractivity contribution >= 4 is 11.9 Å². The Morgan fingerprint density at radius 3 is 2.30 bits per heavy atom. The van der Waals surface area contributed by atoms with Gasteiger partial charge in [-0.25, -0.2) is 0 Å². The van der Waals surface area contributed by atoms with Crippen molar-refractivity contribution in [3.8, 4) is 0 Å². The van der Waals surface area contributed by atoms with Crippen molar-refractivity contribution in [1.29, 1.82) is 0 Å². The van der Waals surface area contributed by atoms with E-state index in [1.54, 1.807) is 6.92 Å². The summed E-state index contributed by atoms with van der Waals surface area (Å²) in [6.07, 6.45) is 6.94. The molecule has 148 valence electrons. The highest BCUT2D eigenvalue weighted by molar-refractivity contribution is 5.94. The molecule has 2 aliphatic rings. The maximum atomic E-state index is 12.6. The van der Waals surface area contributed by atoms with Crippen LogP contribution >= 0.6 is 0 Å². The number of piperidine rings is 1. The van der Waals surface area contributed by atoms with Crippen molar-refractivity contribution < 1.29 is 14.7 Å². The molecule has 1 saturated heterocycles. The Bertz CT molecular complexity index is 629. The average molecular weight is 373 g/mol. The van der Waals surface area contributed by atoms with Crippen LogP contribution in [0.5, 0.6) is 0 Å². The molecule has 1 aliphatic carbocycles. The van der Waals surface area contributed by atoms with Gasteiger partial charge in [-0.2, -0.15) is 0 Å². The molecular weight excluding hydrogens is 340 g/mol. The Labute approximate surface area is 161 Å². The monoisotopic (exact) mass is 372 g/mol. The molecule has 1 saturated carbocycles. The smallest absolute Gasteiger partial charge is 0.306 e. The number of benzene rings is 1. The summed E-state index contributed by atoms with van der Waals surface area (Å²) in [7, 11) is 0. The van der Waals surface area contributed by atoms with Crippen LogP contribution in [0.2, 0.25) is 0 Å². The molecular formula is C22H32N2O3. The van der Waals surface area contributed by atoms with Gasteiger partial charge in [0.05, 0.1) is 5.92 Å². The van der Waals surface area contributed by atoms with E-state index >= 15 is 0 Å². The Balaban J connectivity index is 1.46. The molecule has 1 aliphatic heterocycles. The first-order chi connectivity index (χ1) is 13.0. The van der Waals surface area contributed by atoms with Crippen LogP contribution in [0.3, 0.4) is 0 Å². The molecule has 1 atom stereocenters. The molecule has 5 nitrogen and oxygen atoms in total. The molecule has 1 amide bonds. The van der Waals surface area contributed by atoms with Crippen molar-refractivity contribution in [2.45, 2.75) is 63.8 Å². The summed E-state index contributed by atoms with van der Waals surface area (Å²) in [5.74, 6) is 0.0903. The van der Waals surface area contributed by atoms with Crippen LogP contribution in [-0.4, -0.2) is 36.1 Å². The summed E-state index contributed by atoms with van der Waals surface area (Å²) >= 11 is 0. The largest absolute Gasteiger partial charge is 0.481 e. The molecule has 0 bridgehead atoms. The van der Waals surface area contributed by atoms with Gasteiger partial charge in [0.2, 0.25) is 0 Å². The first kappa shape index (κ1) is 19.9. The second kappa shape index (κ2) is 9.36. The minimum Gasteiger partial charge on any atom is -0.481 e. The number of carboxylic acid groups (broad SMARTS) is 1. The highest BCUT2D eigenvalue weighted by Crippen LogP contribution is 2.30. The number of carboxylic acids is 1. The van der Waals surface area contributed by atoms with Crippen LogP contribution in [0.25, 0.3) is 0 Å². The summed E-state index contributed by atoms with van der Waals surface area (Å²) < 4.78 is 0. The van der Waals surface area contributed by atoms with Gasteiger partial charge in [0.1, 0.15) is 0 Å². The summed E-state index contributed by atoms with van der Waals surface area (Å²) in [6.45, 7) is 3.92. The number of aliphatic carboxylic acids is 1. The topological polar surface area (TPSA) is 78.4 Å². The van der Waals surface area contributed by atoms with Crippen molar-refractivity contribution in [2.24, 2.45) is 11.8 Å². The highest BCUT2D eigenvalue weighted by Gasteiger charge is 2.25. The Hall–Kier alpha value is -1.88. The van der Waals surface area contributed by atoms with E-state index in [4.69, 9.17) is 5.11 Å². The average Bonchev–Trinajstić information content (AvgIpc) is 2.70. The van der Waals surface area contributed by atoms with Gasteiger partial charge in [-0.1, -0.05) is 19.1 Å². The maximum Gasteiger partial charge on any atom is 0.306 e. The molecule has 2 fully saturated rings. The van der Waals surface area contributed by atoms with Gasteiger partial charge in [-0.3, -0.25) is 9.59 Å². The first-order valence-electron chi connectivity index (χ1n) is 10.4. The zero-order valence-electron chi connectivity index (χ0n) is 16.2. The van der Waals surface area contributed by atoms with Crippen molar-refractivity contribution in [3.05, 3.63) is 35.4 Å². The molecule has 3 N–H and O–H groups in total. The second-order valence-corrected chi connectivity index (χ2v) is 8.31. The molecule has 1 heterocycles. The van der Waals surface area contributed by atoms with E-state index in [9.17, 15) is 9.59 Å². The zero-order valence-corrected chi connectivity index (χ0v) is 16.2. The first-order valence-corrected chi connectivity index (χ1v) is 10.4. The fourth-order valence-corrected chi connectivity index (χ4v) is 4.47. The Morgan fingerprint density at radius 1 is 1.07 bits per heavy atom. The summed E-state index contributed by atoms with van der Waals surface area (Å²) in [5, 5.41) is 15.6. The second-order valence-electron chi connectivity index (χ2n) is 8.31. The third-order valence-electron chi connectivity index (χ3n) is 6.27. The molecule has 1 aromatic rings. The summed E-state index contributed by atoms with van der Waals surface area (Å²) in [4.78, 5) is 23.6. The van der Waals surface area contributed by atoms with Gasteiger partial charge in [0.15, 0.2) is 0 Å². The number of rotatable bonds is 6. The lowest BCUT2D eigenvalue weighted by molar-refractivity contribution is -0.141. The number of amides is 1. The van der Waals surface area contributed by atoms with Crippen LogP contribution in [0.4, 0.5) is 0 Å². The van der Waals surface area contributed by atoms with Crippen LogP contribution in [0.1, 0.15) is 73.7 Å². The van der Waals surface area contributed by atoms with Crippen LogP contribution in [0, 0.1) is 11.8 Å². The molecule has 0 aromatic heterocycles. The zero-order chi connectivity index (χ0) is 19.2. The lowest BCUT2D eigenvalue weighted by atomic mass is 9.81. The minimum atomic E-state index is -0.710. The molecule has 3 rings (SSSR count). The molecule has 1 aromatic carbocycles. The van der Waals surface area contributed by atoms with Crippen LogP contribution in [-0.2, 0) is 4.79 Å². The van der Waals surface area contributed by atoms with Crippen LogP contribution in [0.15, 0.2) is 24.3 Å². The van der Waals surface area contributed by atoms with E-state index in [-0.39, 0.29) is 17.9 Å². The fraction of sp³-hybridized carbons (Fsp3) is 0.636. The maximum absolute atomic E-state index is 12.6. The number of hydrogen-bond donors (Lipinski definition) is 3. The molecule has 1 unspecified atom stereocenters. The quantitative estimate of drug-likeness (QED) is 0.713. The van der Waals surface area contributed by atoms with E-state index in [1.165, 1.54) is 5.56 Å². The third-order valence-corrected chi connectivity index (χ3v) is 6.27. The van der Waals surface area contributed by atoms with Crippen LogP contribution < -0.4 is 10.6 Å². The lowest BCUT2D eigenvalue weighted by Gasteiger charge is -2.30. The summed E-state index contributed by atoms with van der Waals surface area (Å²) in [6, 6.07) is 8.32. The molecule has 27 heavy (non-hydrogen) atoms. The molecule has 0 radical (unpaired) electrons. The van der Waals surface area contributed by atoms with E-state index in [0.29, 0.717) is 11.8 Å². The van der Waals surface area contributed by atoms with Crippen molar-refractivity contribution in [1.82, 2.24) is 10.6 Å². The fourth-order valence-electron chi connectivity index (χ4n) is 4.47. The van der Waals surface area contributed by atoms with Gasteiger partial charge in [-0.05, 0) is 87.6 Å². The van der Waals surface area contributed by atoms with Gasteiger partial charge in [0.25, 0.3) is 5.91 Å². The van der Waals surface area contributed by atoms with Gasteiger partial charge < -0.3 is 15.7 Å². The third kappa shape index (κ3) is 5.55. The number of hydrogen-bond acceptors (Lipinski definition) is 3. The predicted octanol–water partition coefficient (Wildman–Crippen LogP) is 3.55. The molecule has 5 heteroatoms. The number of carbonyl (C=O) groups is 2. The lowest BCUT2D eigenvalue weighted by Crippen LogP contribution is -2.38. The predicted molar refractivity (Wildman–Crippen MR) is 106 cm³/mol. The summed E-state index contributed by atoms with van der Waals surface area (Å²) in [5.41, 5.74) is 2.07. The van der Waals surface area contributed by atoms with Gasteiger partial charge in [-0.15, -0.1) is 0 Å². The van der Waals surface area contributed by atoms with E-state index in [2.05, 4.69) is 22.8 Å². The Kier molecular flexibility index (Phi) is 6.89. The van der Waals surface area contributed by atoms with Crippen molar-refractivity contribution in [2.75, 3.05) is 13.1 Å².